The summed E-state index contributed by atoms with van der Waals surface area (Å²) in [7, 11) is 0. The highest BCUT2D eigenvalue weighted by molar-refractivity contribution is 5.14. The molecular weight excluding hydrogens is 164 g/mol. The van der Waals surface area contributed by atoms with E-state index in [1.165, 1.54) is 6.33 Å². The van der Waals surface area contributed by atoms with Crippen LogP contribution in [-0.4, -0.2) is 16.5 Å². The van der Waals surface area contributed by atoms with Crippen molar-refractivity contribution in [1.29, 1.82) is 0 Å². The van der Waals surface area contributed by atoms with Crippen molar-refractivity contribution in [2.75, 3.05) is 6.54 Å². The Morgan fingerprint density at radius 3 is 2.75 bits per heavy atom. The number of alkyl halides is 2. The lowest BCUT2D eigenvalue weighted by atomic mass is 10.1. The van der Waals surface area contributed by atoms with Gasteiger partial charge in [-0.2, -0.15) is 8.78 Å². The molecule has 0 saturated carbocycles. The fourth-order valence-electron chi connectivity index (χ4n) is 1.03. The van der Waals surface area contributed by atoms with Crippen molar-refractivity contribution in [1.82, 2.24) is 9.97 Å². The second kappa shape index (κ2) is 3.18. The van der Waals surface area contributed by atoms with Crippen molar-refractivity contribution in [2.45, 2.75) is 19.3 Å². The van der Waals surface area contributed by atoms with Gasteiger partial charge in [0.05, 0.1) is 6.33 Å². The fraction of sp³-hybridized carbons (Fsp3) is 0.571. The number of aromatic nitrogens is 2. The third kappa shape index (κ3) is 1.61. The predicted octanol–water partition coefficient (Wildman–Crippen LogP) is 1.16. The van der Waals surface area contributed by atoms with Crippen LogP contribution in [0.3, 0.4) is 0 Å². The number of nitrogens with zero attached hydrogens (tertiary/aromatic N) is 1. The largest absolute Gasteiger partial charge is 0.348 e. The van der Waals surface area contributed by atoms with Gasteiger partial charge in [0.2, 0.25) is 0 Å². The van der Waals surface area contributed by atoms with Crippen LogP contribution < -0.4 is 5.73 Å². The van der Waals surface area contributed by atoms with E-state index in [9.17, 15) is 8.78 Å². The normalized spacial score (nSPS) is 12.0. The van der Waals surface area contributed by atoms with Gasteiger partial charge in [-0.05, 0) is 13.5 Å². The summed E-state index contributed by atoms with van der Waals surface area (Å²) in [6.45, 7) is 1.52. The van der Waals surface area contributed by atoms with Crippen molar-refractivity contribution in [3.8, 4) is 0 Å². The summed E-state index contributed by atoms with van der Waals surface area (Å²) in [5.41, 5.74) is 5.25. The summed E-state index contributed by atoms with van der Waals surface area (Å²) in [5, 5.41) is 0. The third-order valence-electron chi connectivity index (χ3n) is 1.63. The SMILES string of the molecule is Cc1[nH]cnc1C(F)(F)CCN. The molecule has 3 N–H and O–H groups in total. The Morgan fingerprint density at radius 1 is 1.67 bits per heavy atom. The van der Waals surface area contributed by atoms with E-state index >= 15 is 0 Å². The van der Waals surface area contributed by atoms with E-state index in [1.807, 2.05) is 0 Å². The number of aromatic amines is 1. The number of imidazole rings is 1. The molecule has 1 heterocycles. The van der Waals surface area contributed by atoms with E-state index in [0.29, 0.717) is 5.69 Å². The van der Waals surface area contributed by atoms with Crippen molar-refractivity contribution in [3.63, 3.8) is 0 Å². The molecular formula is C7H11F2N3. The molecule has 0 radical (unpaired) electrons. The fourth-order valence-corrected chi connectivity index (χ4v) is 1.03. The monoisotopic (exact) mass is 175 g/mol. The first kappa shape index (κ1) is 9.12. The topological polar surface area (TPSA) is 54.7 Å². The van der Waals surface area contributed by atoms with Crippen molar-refractivity contribution >= 4 is 0 Å². The Balaban J connectivity index is 2.88. The average molecular weight is 175 g/mol. The molecule has 0 amide bonds. The molecule has 5 heteroatoms. The summed E-state index contributed by atoms with van der Waals surface area (Å²) < 4.78 is 26.2. The molecule has 68 valence electrons. The van der Waals surface area contributed by atoms with Gasteiger partial charge in [-0.25, -0.2) is 4.98 Å². The van der Waals surface area contributed by atoms with Crippen LogP contribution in [0.5, 0.6) is 0 Å². The summed E-state index contributed by atoms with van der Waals surface area (Å²) in [6, 6.07) is 0. The lowest BCUT2D eigenvalue weighted by molar-refractivity contribution is -0.0153. The number of hydrogen-bond donors (Lipinski definition) is 2. The minimum Gasteiger partial charge on any atom is -0.348 e. The van der Waals surface area contributed by atoms with Crippen LogP contribution in [0.1, 0.15) is 17.8 Å². The molecule has 0 spiro atoms. The molecule has 0 atom stereocenters. The van der Waals surface area contributed by atoms with Crippen LogP contribution in [-0.2, 0) is 5.92 Å². The first-order valence-corrected chi connectivity index (χ1v) is 3.66. The number of halogens is 2. The van der Waals surface area contributed by atoms with Gasteiger partial charge >= 0.3 is 0 Å². The molecule has 1 aromatic heterocycles. The minimum absolute atomic E-state index is 0.0424. The van der Waals surface area contributed by atoms with Gasteiger partial charge in [-0.1, -0.05) is 0 Å². The Hall–Kier alpha value is -0.970. The predicted molar refractivity (Wildman–Crippen MR) is 40.9 cm³/mol. The maximum Gasteiger partial charge on any atom is 0.292 e. The summed E-state index contributed by atoms with van der Waals surface area (Å²) in [6.07, 6.45) is 0.897. The van der Waals surface area contributed by atoms with Crippen LogP contribution >= 0.6 is 0 Å². The zero-order chi connectivity index (χ0) is 9.19. The Labute approximate surface area is 69.0 Å². The molecule has 0 unspecified atom stereocenters. The highest BCUT2D eigenvalue weighted by Crippen LogP contribution is 2.30. The molecule has 0 aliphatic heterocycles. The quantitative estimate of drug-likeness (QED) is 0.724. The van der Waals surface area contributed by atoms with E-state index in [4.69, 9.17) is 5.73 Å². The molecule has 0 fully saturated rings. The molecule has 0 aliphatic carbocycles. The maximum atomic E-state index is 13.1. The zero-order valence-corrected chi connectivity index (χ0v) is 6.77. The molecule has 0 aliphatic rings. The van der Waals surface area contributed by atoms with Crippen LogP contribution in [0.4, 0.5) is 8.78 Å². The number of rotatable bonds is 3. The number of hydrogen-bond acceptors (Lipinski definition) is 2. The molecule has 1 aromatic rings. The first-order chi connectivity index (χ1) is 5.58. The third-order valence-corrected chi connectivity index (χ3v) is 1.63. The lowest BCUT2D eigenvalue weighted by Crippen LogP contribution is -2.20. The summed E-state index contributed by atoms with van der Waals surface area (Å²) >= 11 is 0. The first-order valence-electron chi connectivity index (χ1n) is 3.66. The molecule has 12 heavy (non-hydrogen) atoms. The van der Waals surface area contributed by atoms with Gasteiger partial charge in [0.1, 0.15) is 5.69 Å². The van der Waals surface area contributed by atoms with Gasteiger partial charge in [0.25, 0.3) is 5.92 Å². The Bertz CT molecular complexity index is 257. The number of nitrogens with one attached hydrogen (secondary N) is 1. The number of H-pyrrole nitrogens is 1. The van der Waals surface area contributed by atoms with Crippen LogP contribution in [0, 0.1) is 6.92 Å². The van der Waals surface area contributed by atoms with E-state index in [-0.39, 0.29) is 18.7 Å². The van der Waals surface area contributed by atoms with Gasteiger partial charge in [-0.15, -0.1) is 0 Å². The Kier molecular flexibility index (Phi) is 2.42. The maximum absolute atomic E-state index is 13.1. The lowest BCUT2D eigenvalue weighted by Gasteiger charge is -2.12. The highest BCUT2D eigenvalue weighted by atomic mass is 19.3. The van der Waals surface area contributed by atoms with E-state index < -0.39 is 5.92 Å². The van der Waals surface area contributed by atoms with Crippen molar-refractivity contribution < 1.29 is 8.78 Å². The van der Waals surface area contributed by atoms with Gasteiger partial charge in [-0.3, -0.25) is 0 Å². The van der Waals surface area contributed by atoms with Crippen molar-refractivity contribution in [2.24, 2.45) is 5.73 Å². The van der Waals surface area contributed by atoms with E-state index in [0.717, 1.165) is 0 Å². The average Bonchev–Trinajstić information content (AvgIpc) is 2.35. The van der Waals surface area contributed by atoms with Crippen molar-refractivity contribution in [3.05, 3.63) is 17.7 Å². The van der Waals surface area contributed by atoms with Crippen LogP contribution in [0.25, 0.3) is 0 Å². The molecule has 1 rings (SSSR count). The molecule has 0 aromatic carbocycles. The van der Waals surface area contributed by atoms with Crippen LogP contribution in [0.15, 0.2) is 6.33 Å². The molecule has 0 bridgehead atoms. The van der Waals surface area contributed by atoms with Gasteiger partial charge in [0, 0.05) is 12.1 Å². The summed E-state index contributed by atoms with van der Waals surface area (Å²) in [4.78, 5) is 6.15. The van der Waals surface area contributed by atoms with E-state index in [2.05, 4.69) is 9.97 Å². The standard InChI is InChI=1S/C7H11F2N3/c1-5-6(12-4-11-5)7(8,9)2-3-10/h4H,2-3,10H2,1H3,(H,11,12). The molecule has 3 nitrogen and oxygen atoms in total. The van der Waals surface area contributed by atoms with Gasteiger partial charge < -0.3 is 10.7 Å². The second-order valence-electron chi connectivity index (χ2n) is 2.62. The number of nitrogens with two attached hydrogens (primary N) is 1. The van der Waals surface area contributed by atoms with Gasteiger partial charge in [0.15, 0.2) is 0 Å². The number of aryl methyl sites for hydroxylation is 1. The highest BCUT2D eigenvalue weighted by Gasteiger charge is 2.34. The summed E-state index contributed by atoms with van der Waals surface area (Å²) in [5.74, 6) is -2.90. The van der Waals surface area contributed by atoms with Crippen LogP contribution in [0.2, 0.25) is 0 Å². The minimum atomic E-state index is -2.90. The van der Waals surface area contributed by atoms with E-state index in [1.54, 1.807) is 6.92 Å². The molecule has 0 saturated heterocycles. The zero-order valence-electron chi connectivity index (χ0n) is 6.77. The Morgan fingerprint density at radius 2 is 2.33 bits per heavy atom. The second-order valence-corrected chi connectivity index (χ2v) is 2.62. The smallest absolute Gasteiger partial charge is 0.292 e.